The summed E-state index contributed by atoms with van der Waals surface area (Å²) in [4.78, 5) is 14.5. The standard InChI is InChI=1S/C21H23N5OS/c22-17-11-9-16(10-12-17)20-23-24-21(26(20)18-7-3-1-4-8-18)28-15-19(27)25-13-5-2-6-14-25/h1,3-4,7-12H,2,5-6,13-15,22H2. The lowest BCUT2D eigenvalue weighted by molar-refractivity contribution is -0.129. The maximum absolute atomic E-state index is 12.6. The quantitative estimate of drug-likeness (QED) is 0.529. The van der Waals surface area contributed by atoms with Crippen molar-refractivity contribution in [1.82, 2.24) is 19.7 Å². The number of amides is 1. The predicted molar refractivity (Wildman–Crippen MR) is 112 cm³/mol. The van der Waals surface area contributed by atoms with Crippen molar-refractivity contribution in [3.8, 4) is 17.1 Å². The molecule has 6 nitrogen and oxygen atoms in total. The molecule has 0 radical (unpaired) electrons. The van der Waals surface area contributed by atoms with Gasteiger partial charge in [-0.15, -0.1) is 10.2 Å². The number of rotatable bonds is 5. The van der Waals surface area contributed by atoms with E-state index in [1.54, 1.807) is 0 Å². The van der Waals surface area contributed by atoms with Gasteiger partial charge in [-0.3, -0.25) is 9.36 Å². The topological polar surface area (TPSA) is 77.0 Å². The number of hydrogen-bond donors (Lipinski definition) is 1. The maximum atomic E-state index is 12.6. The van der Waals surface area contributed by atoms with Gasteiger partial charge in [-0.05, 0) is 55.7 Å². The van der Waals surface area contributed by atoms with Gasteiger partial charge in [-0.1, -0.05) is 30.0 Å². The van der Waals surface area contributed by atoms with Crippen molar-refractivity contribution >= 4 is 23.4 Å². The van der Waals surface area contributed by atoms with Crippen LogP contribution in [0.4, 0.5) is 5.69 Å². The number of thioether (sulfide) groups is 1. The zero-order valence-electron chi connectivity index (χ0n) is 15.6. The average molecular weight is 394 g/mol. The highest BCUT2D eigenvalue weighted by Gasteiger charge is 2.20. The van der Waals surface area contributed by atoms with Crippen molar-refractivity contribution < 1.29 is 4.79 Å². The van der Waals surface area contributed by atoms with E-state index in [9.17, 15) is 4.79 Å². The zero-order chi connectivity index (χ0) is 19.3. The molecule has 1 saturated heterocycles. The summed E-state index contributed by atoms with van der Waals surface area (Å²) in [5.41, 5.74) is 8.42. The molecule has 28 heavy (non-hydrogen) atoms. The Kier molecular flexibility index (Phi) is 5.62. The third kappa shape index (κ3) is 4.04. The van der Waals surface area contributed by atoms with Crippen molar-refractivity contribution in [3.05, 3.63) is 54.6 Å². The number of para-hydroxylation sites is 1. The van der Waals surface area contributed by atoms with Gasteiger partial charge in [0.1, 0.15) is 0 Å². The van der Waals surface area contributed by atoms with Gasteiger partial charge in [0.25, 0.3) is 0 Å². The number of nitrogens with zero attached hydrogens (tertiary/aromatic N) is 4. The normalized spacial score (nSPS) is 14.2. The first-order chi connectivity index (χ1) is 13.7. The number of likely N-dealkylation sites (tertiary alicyclic amines) is 1. The van der Waals surface area contributed by atoms with E-state index in [0.29, 0.717) is 16.6 Å². The molecule has 2 aromatic carbocycles. The van der Waals surface area contributed by atoms with E-state index in [-0.39, 0.29) is 5.91 Å². The number of aromatic nitrogens is 3. The van der Waals surface area contributed by atoms with Crippen molar-refractivity contribution in [2.45, 2.75) is 24.4 Å². The van der Waals surface area contributed by atoms with Crippen molar-refractivity contribution in [2.75, 3.05) is 24.6 Å². The summed E-state index contributed by atoms with van der Waals surface area (Å²) in [5, 5.41) is 9.50. The molecule has 0 aliphatic carbocycles. The third-order valence-corrected chi connectivity index (χ3v) is 5.76. The Morgan fingerprint density at radius 2 is 1.68 bits per heavy atom. The van der Waals surface area contributed by atoms with Crippen molar-refractivity contribution in [2.24, 2.45) is 0 Å². The van der Waals surface area contributed by atoms with Crippen LogP contribution in [0, 0.1) is 0 Å². The highest BCUT2D eigenvalue weighted by atomic mass is 32.2. The second-order valence-electron chi connectivity index (χ2n) is 6.83. The number of nitrogens with two attached hydrogens (primary N) is 1. The molecule has 2 heterocycles. The van der Waals surface area contributed by atoms with E-state index in [0.717, 1.165) is 43.0 Å². The molecule has 0 spiro atoms. The summed E-state index contributed by atoms with van der Waals surface area (Å²) in [7, 11) is 0. The fourth-order valence-corrected chi connectivity index (χ4v) is 4.21. The minimum atomic E-state index is 0.168. The molecular weight excluding hydrogens is 370 g/mol. The number of hydrogen-bond acceptors (Lipinski definition) is 5. The number of benzene rings is 2. The summed E-state index contributed by atoms with van der Waals surface area (Å²) in [6, 6.07) is 17.5. The first-order valence-corrected chi connectivity index (χ1v) is 10.5. The van der Waals surface area contributed by atoms with E-state index >= 15 is 0 Å². The van der Waals surface area contributed by atoms with Gasteiger partial charge in [0.05, 0.1) is 5.75 Å². The minimum Gasteiger partial charge on any atom is -0.399 e. The van der Waals surface area contributed by atoms with Crippen molar-refractivity contribution in [3.63, 3.8) is 0 Å². The molecule has 1 fully saturated rings. The Balaban J connectivity index is 1.62. The van der Waals surface area contributed by atoms with Crippen molar-refractivity contribution in [1.29, 1.82) is 0 Å². The van der Waals surface area contributed by atoms with Gasteiger partial charge < -0.3 is 10.6 Å². The first kappa shape index (κ1) is 18.6. The number of anilines is 1. The second-order valence-corrected chi connectivity index (χ2v) is 7.77. The number of carbonyl (C=O) groups is 1. The Labute approximate surface area is 168 Å². The van der Waals surface area contributed by atoms with Crippen LogP contribution < -0.4 is 5.73 Å². The van der Waals surface area contributed by atoms with E-state index in [4.69, 9.17) is 5.73 Å². The first-order valence-electron chi connectivity index (χ1n) is 9.50. The highest BCUT2D eigenvalue weighted by Crippen LogP contribution is 2.28. The number of piperidine rings is 1. The molecule has 4 rings (SSSR count). The van der Waals surface area contributed by atoms with Gasteiger partial charge >= 0.3 is 0 Å². The summed E-state index contributed by atoms with van der Waals surface area (Å²) in [5.74, 6) is 1.27. The highest BCUT2D eigenvalue weighted by molar-refractivity contribution is 7.99. The van der Waals surface area contributed by atoms with Crippen LogP contribution in [0.15, 0.2) is 59.8 Å². The lowest BCUT2D eigenvalue weighted by atomic mass is 10.1. The monoisotopic (exact) mass is 393 g/mol. The van der Waals surface area contributed by atoms with Crippen LogP contribution in [-0.2, 0) is 4.79 Å². The molecule has 1 aliphatic heterocycles. The molecule has 1 aromatic heterocycles. The molecule has 0 saturated carbocycles. The Hall–Kier alpha value is -2.80. The van der Waals surface area contributed by atoms with Gasteiger partial charge in [-0.25, -0.2) is 0 Å². The van der Waals surface area contributed by atoms with Crippen LogP contribution in [-0.4, -0.2) is 44.4 Å². The molecule has 0 atom stereocenters. The average Bonchev–Trinajstić information content (AvgIpc) is 3.17. The lowest BCUT2D eigenvalue weighted by Crippen LogP contribution is -2.36. The molecule has 0 unspecified atom stereocenters. The number of nitrogen functional groups attached to an aromatic ring is 1. The summed E-state index contributed by atoms with van der Waals surface area (Å²) < 4.78 is 2.00. The second kappa shape index (κ2) is 8.48. The van der Waals surface area contributed by atoms with E-state index < -0.39 is 0 Å². The van der Waals surface area contributed by atoms with E-state index in [1.807, 2.05) is 64.1 Å². The van der Waals surface area contributed by atoms with E-state index in [2.05, 4.69) is 10.2 Å². The molecule has 2 N–H and O–H groups in total. The Morgan fingerprint density at radius 3 is 2.39 bits per heavy atom. The largest absolute Gasteiger partial charge is 0.399 e. The molecular formula is C21H23N5OS. The van der Waals surface area contributed by atoms with Crippen LogP contribution >= 0.6 is 11.8 Å². The molecule has 144 valence electrons. The molecule has 3 aromatic rings. The summed E-state index contributed by atoms with van der Waals surface area (Å²) >= 11 is 1.44. The van der Waals surface area contributed by atoms with Crippen LogP contribution in [0.25, 0.3) is 17.1 Å². The van der Waals surface area contributed by atoms with Gasteiger partial charge in [0.15, 0.2) is 11.0 Å². The summed E-state index contributed by atoms with van der Waals surface area (Å²) in [6.07, 6.45) is 3.40. The molecule has 1 amide bonds. The van der Waals surface area contributed by atoms with Crippen LogP contribution in [0.5, 0.6) is 0 Å². The van der Waals surface area contributed by atoms with Gasteiger partial charge in [-0.2, -0.15) is 0 Å². The Bertz CT molecular complexity index is 933. The van der Waals surface area contributed by atoms with Gasteiger partial charge in [0.2, 0.25) is 5.91 Å². The fourth-order valence-electron chi connectivity index (χ4n) is 3.35. The third-order valence-electron chi connectivity index (χ3n) is 4.85. The molecule has 0 bridgehead atoms. The summed E-state index contributed by atoms with van der Waals surface area (Å²) in [6.45, 7) is 1.73. The minimum absolute atomic E-state index is 0.168. The van der Waals surface area contributed by atoms with Gasteiger partial charge in [0, 0.05) is 30.0 Å². The van der Waals surface area contributed by atoms with Crippen LogP contribution in [0.1, 0.15) is 19.3 Å². The SMILES string of the molecule is Nc1ccc(-c2nnc(SCC(=O)N3CCCCC3)n2-c2ccccc2)cc1. The number of carbonyl (C=O) groups excluding carboxylic acids is 1. The molecule has 1 aliphatic rings. The smallest absolute Gasteiger partial charge is 0.233 e. The van der Waals surface area contributed by atoms with E-state index in [1.165, 1.54) is 18.2 Å². The Morgan fingerprint density at radius 1 is 0.964 bits per heavy atom. The fraction of sp³-hybridized carbons (Fsp3) is 0.286. The molecule has 7 heteroatoms. The predicted octanol–water partition coefficient (Wildman–Crippen LogP) is 3.62. The maximum Gasteiger partial charge on any atom is 0.233 e. The van der Waals surface area contributed by atoms with Crippen LogP contribution in [0.2, 0.25) is 0 Å². The zero-order valence-corrected chi connectivity index (χ0v) is 16.4. The lowest BCUT2D eigenvalue weighted by Gasteiger charge is -2.26. The van der Waals surface area contributed by atoms with Crippen LogP contribution in [0.3, 0.4) is 0 Å².